The van der Waals surface area contributed by atoms with Gasteiger partial charge < -0.3 is 20.4 Å². The van der Waals surface area contributed by atoms with E-state index in [9.17, 15) is 9.59 Å². The van der Waals surface area contributed by atoms with Crippen LogP contribution in [0, 0.1) is 17.8 Å². The summed E-state index contributed by atoms with van der Waals surface area (Å²) in [6.07, 6.45) is 10.6. The fourth-order valence-corrected chi connectivity index (χ4v) is 5.72. The van der Waals surface area contributed by atoms with Crippen molar-refractivity contribution < 1.29 is 9.59 Å². The highest BCUT2D eigenvalue weighted by molar-refractivity contribution is 14.0. The minimum absolute atomic E-state index is 0. The van der Waals surface area contributed by atoms with Gasteiger partial charge in [-0.3, -0.25) is 9.59 Å². The third kappa shape index (κ3) is 5.59. The lowest BCUT2D eigenvalue weighted by Gasteiger charge is -2.27. The molecule has 4 unspecified atom stereocenters. The van der Waals surface area contributed by atoms with Crippen molar-refractivity contribution in [1.29, 1.82) is 0 Å². The molecule has 7 nitrogen and oxygen atoms in total. The first-order valence-corrected chi connectivity index (χ1v) is 11.6. The molecule has 170 valence electrons. The number of likely N-dealkylation sites (tertiary alicyclic amines) is 1. The molecular formula is C22H38IN5O2. The Morgan fingerprint density at radius 1 is 1.03 bits per heavy atom. The van der Waals surface area contributed by atoms with E-state index in [2.05, 4.69) is 15.6 Å². The van der Waals surface area contributed by atoms with E-state index in [1.165, 1.54) is 38.5 Å². The number of hydrogen-bond acceptors (Lipinski definition) is 3. The van der Waals surface area contributed by atoms with Crippen LogP contribution in [0.3, 0.4) is 0 Å². The van der Waals surface area contributed by atoms with Crippen molar-refractivity contribution >= 4 is 41.8 Å². The second-order valence-electron chi connectivity index (χ2n) is 9.77. The second kappa shape index (κ2) is 10.5. The van der Waals surface area contributed by atoms with Crippen molar-refractivity contribution in [3.05, 3.63) is 0 Å². The molecule has 3 aliphatic carbocycles. The molecule has 0 radical (unpaired) electrons. The Labute approximate surface area is 197 Å². The predicted octanol–water partition coefficient (Wildman–Crippen LogP) is 2.21. The van der Waals surface area contributed by atoms with E-state index in [1.54, 1.807) is 19.0 Å². The molecule has 0 aromatic rings. The molecule has 1 heterocycles. The van der Waals surface area contributed by atoms with Crippen LogP contribution in [0.1, 0.15) is 57.8 Å². The molecule has 30 heavy (non-hydrogen) atoms. The lowest BCUT2D eigenvalue weighted by atomic mass is 9.95. The van der Waals surface area contributed by atoms with Crippen molar-refractivity contribution in [2.75, 3.05) is 33.7 Å². The second-order valence-corrected chi connectivity index (χ2v) is 9.77. The number of carbonyl (C=O) groups is 2. The fraction of sp³-hybridized carbons (Fsp3) is 0.864. The van der Waals surface area contributed by atoms with Gasteiger partial charge in [0, 0.05) is 45.2 Å². The largest absolute Gasteiger partial charge is 0.353 e. The van der Waals surface area contributed by atoms with Gasteiger partial charge >= 0.3 is 0 Å². The summed E-state index contributed by atoms with van der Waals surface area (Å²) in [5.41, 5.74) is 0. The van der Waals surface area contributed by atoms with E-state index in [0.717, 1.165) is 50.1 Å². The zero-order valence-corrected chi connectivity index (χ0v) is 20.8. The average molecular weight is 531 g/mol. The summed E-state index contributed by atoms with van der Waals surface area (Å²) in [5, 5.41) is 7.18. The zero-order valence-electron chi connectivity index (χ0n) is 18.4. The van der Waals surface area contributed by atoms with Crippen molar-refractivity contribution in [3.8, 4) is 0 Å². The summed E-state index contributed by atoms with van der Waals surface area (Å²) in [6, 6.07) is 0.673. The highest BCUT2D eigenvalue weighted by Gasteiger charge is 2.40. The van der Waals surface area contributed by atoms with Gasteiger partial charge in [-0.1, -0.05) is 19.3 Å². The van der Waals surface area contributed by atoms with Crippen LogP contribution < -0.4 is 10.6 Å². The van der Waals surface area contributed by atoms with Gasteiger partial charge in [0.1, 0.15) is 6.54 Å². The quantitative estimate of drug-likeness (QED) is 0.324. The summed E-state index contributed by atoms with van der Waals surface area (Å²) < 4.78 is 0. The highest BCUT2D eigenvalue weighted by atomic mass is 127. The molecule has 2 bridgehead atoms. The van der Waals surface area contributed by atoms with E-state index in [0.29, 0.717) is 11.9 Å². The molecule has 1 saturated heterocycles. The zero-order chi connectivity index (χ0) is 20.4. The maximum Gasteiger partial charge on any atom is 0.243 e. The molecule has 4 rings (SSSR count). The Bertz CT molecular complexity index is 649. The SMILES string of the molecule is CN(C)C(=O)CN=C(NC1CCN(C(=O)C2CCCC2)C1)NC1CC2CCC1C2.I. The lowest BCUT2D eigenvalue weighted by molar-refractivity contribution is -0.134. The number of nitrogens with one attached hydrogen (secondary N) is 2. The smallest absolute Gasteiger partial charge is 0.243 e. The van der Waals surface area contributed by atoms with Crippen LogP contribution in [-0.2, 0) is 9.59 Å². The van der Waals surface area contributed by atoms with Crippen molar-refractivity contribution in [2.24, 2.45) is 22.7 Å². The van der Waals surface area contributed by atoms with Gasteiger partial charge in [-0.15, -0.1) is 24.0 Å². The maximum atomic E-state index is 12.7. The molecule has 0 aromatic heterocycles. The third-order valence-electron chi connectivity index (χ3n) is 7.48. The van der Waals surface area contributed by atoms with Crippen molar-refractivity contribution in [3.63, 3.8) is 0 Å². The summed E-state index contributed by atoms with van der Waals surface area (Å²) in [4.78, 5) is 33.0. The summed E-state index contributed by atoms with van der Waals surface area (Å²) in [7, 11) is 3.52. The number of rotatable bonds is 5. The third-order valence-corrected chi connectivity index (χ3v) is 7.48. The van der Waals surface area contributed by atoms with Crippen LogP contribution in [-0.4, -0.2) is 73.4 Å². The van der Waals surface area contributed by atoms with Crippen LogP contribution >= 0.6 is 24.0 Å². The van der Waals surface area contributed by atoms with Gasteiger partial charge in [0.25, 0.3) is 0 Å². The molecule has 8 heteroatoms. The molecule has 2 N–H and O–H groups in total. The Balaban J connectivity index is 0.00000256. The van der Waals surface area contributed by atoms with E-state index >= 15 is 0 Å². The Morgan fingerprint density at radius 2 is 1.80 bits per heavy atom. The molecule has 4 aliphatic rings. The number of nitrogens with zero attached hydrogens (tertiary/aromatic N) is 3. The van der Waals surface area contributed by atoms with E-state index in [-0.39, 0.29) is 48.4 Å². The standard InChI is InChI=1S/C22H37N5O2.HI/c1-26(2)20(28)13-23-22(25-19-12-15-7-8-17(19)11-15)24-18-9-10-27(14-18)21(29)16-5-3-4-6-16;/h15-19H,3-14H2,1-2H3,(H2,23,24,25);1H. The first-order valence-electron chi connectivity index (χ1n) is 11.6. The summed E-state index contributed by atoms with van der Waals surface area (Å²) in [5.74, 6) is 2.93. The van der Waals surface area contributed by atoms with Crippen LogP contribution in [0.15, 0.2) is 4.99 Å². The average Bonchev–Trinajstić information content (AvgIpc) is 3.50. The van der Waals surface area contributed by atoms with Gasteiger partial charge in [0.15, 0.2) is 5.96 Å². The molecule has 4 atom stereocenters. The molecule has 0 spiro atoms. The number of guanidine groups is 1. The monoisotopic (exact) mass is 531 g/mol. The summed E-state index contributed by atoms with van der Waals surface area (Å²) >= 11 is 0. The molecule has 1 aliphatic heterocycles. The van der Waals surface area contributed by atoms with Crippen molar-refractivity contribution in [2.45, 2.75) is 69.9 Å². The number of halogens is 1. The highest BCUT2D eigenvalue weighted by Crippen LogP contribution is 2.44. The van der Waals surface area contributed by atoms with Crippen LogP contribution in [0.4, 0.5) is 0 Å². The molecular weight excluding hydrogens is 493 g/mol. The minimum atomic E-state index is 0. The maximum absolute atomic E-state index is 12.7. The van der Waals surface area contributed by atoms with Gasteiger partial charge in [-0.25, -0.2) is 4.99 Å². The van der Waals surface area contributed by atoms with Crippen molar-refractivity contribution in [1.82, 2.24) is 20.4 Å². The van der Waals surface area contributed by atoms with Crippen LogP contribution in [0.2, 0.25) is 0 Å². The first kappa shape index (κ1) is 23.6. The molecule has 2 amide bonds. The van der Waals surface area contributed by atoms with E-state index < -0.39 is 0 Å². The van der Waals surface area contributed by atoms with Gasteiger partial charge in [0.05, 0.1) is 0 Å². The Hall–Kier alpha value is -1.06. The number of carbonyl (C=O) groups excluding carboxylic acids is 2. The lowest BCUT2D eigenvalue weighted by Crippen LogP contribution is -2.50. The van der Waals surface area contributed by atoms with Gasteiger partial charge in [-0.2, -0.15) is 0 Å². The number of likely N-dealkylation sites (N-methyl/N-ethyl adjacent to an activating group) is 1. The molecule has 0 aromatic carbocycles. The minimum Gasteiger partial charge on any atom is -0.353 e. The van der Waals surface area contributed by atoms with E-state index in [1.807, 2.05) is 4.90 Å². The fourth-order valence-electron chi connectivity index (χ4n) is 5.72. The predicted molar refractivity (Wildman–Crippen MR) is 129 cm³/mol. The van der Waals surface area contributed by atoms with Gasteiger partial charge in [0.2, 0.25) is 11.8 Å². The number of fused-ring (bicyclic) bond motifs is 2. The Kier molecular flexibility index (Phi) is 8.26. The first-order chi connectivity index (χ1) is 14.0. The normalized spacial score (nSPS) is 31.0. The van der Waals surface area contributed by atoms with Gasteiger partial charge in [-0.05, 0) is 50.4 Å². The van der Waals surface area contributed by atoms with Crippen LogP contribution in [0.25, 0.3) is 0 Å². The molecule has 4 fully saturated rings. The number of hydrogen-bond donors (Lipinski definition) is 2. The van der Waals surface area contributed by atoms with Crippen LogP contribution in [0.5, 0.6) is 0 Å². The number of amides is 2. The number of aliphatic imine (C=N–C) groups is 1. The Morgan fingerprint density at radius 3 is 2.43 bits per heavy atom. The topological polar surface area (TPSA) is 77.0 Å². The molecule has 3 saturated carbocycles. The summed E-state index contributed by atoms with van der Waals surface area (Å²) in [6.45, 7) is 1.72. The van der Waals surface area contributed by atoms with E-state index in [4.69, 9.17) is 0 Å².